The Kier molecular flexibility index (Phi) is 4.16. The topological polar surface area (TPSA) is 83.6 Å². The summed E-state index contributed by atoms with van der Waals surface area (Å²) in [5.41, 5.74) is 1.26. The maximum Gasteiger partial charge on any atom is 0.259 e. The quantitative estimate of drug-likeness (QED) is 0.876. The van der Waals surface area contributed by atoms with Crippen molar-refractivity contribution in [3.8, 4) is 0 Å². The zero-order valence-corrected chi connectivity index (χ0v) is 13.9. The molecule has 1 aliphatic rings. The van der Waals surface area contributed by atoms with Crippen molar-refractivity contribution in [3.63, 3.8) is 0 Å². The Morgan fingerprint density at radius 1 is 1.45 bits per heavy atom. The van der Waals surface area contributed by atoms with Gasteiger partial charge in [0.2, 0.25) is 0 Å². The second-order valence-corrected chi connectivity index (χ2v) is 7.98. The highest BCUT2D eigenvalue weighted by atomic mass is 32.2. The van der Waals surface area contributed by atoms with Crippen molar-refractivity contribution in [2.24, 2.45) is 4.99 Å². The van der Waals surface area contributed by atoms with Gasteiger partial charge in [0.05, 0.1) is 16.9 Å². The number of rotatable bonds is 5. The van der Waals surface area contributed by atoms with E-state index in [-0.39, 0.29) is 0 Å². The maximum atomic E-state index is 12.2. The molecule has 1 aromatic carbocycles. The number of nitrogens with one attached hydrogen (secondary N) is 2. The molecular weight excluding hydrogens is 322 g/mol. The Hall–Kier alpha value is -1.51. The molecule has 1 aromatic heterocycles. The summed E-state index contributed by atoms with van der Waals surface area (Å²) in [6.07, 6.45) is 0. The fourth-order valence-corrected chi connectivity index (χ4v) is 3.94. The van der Waals surface area contributed by atoms with E-state index in [1.165, 1.54) is 14.0 Å². The average molecular weight is 339 g/mol. The van der Waals surface area contributed by atoms with E-state index >= 15 is 0 Å². The number of H-pyrrole nitrogens is 1. The number of thioether (sulfide) groups is 1. The summed E-state index contributed by atoms with van der Waals surface area (Å²) < 4.78 is 31.8. The van der Waals surface area contributed by atoms with Crippen molar-refractivity contribution < 1.29 is 13.2 Å². The lowest BCUT2D eigenvalue weighted by Gasteiger charge is -2.13. The molecule has 0 saturated carbocycles. The van der Waals surface area contributed by atoms with E-state index < -0.39 is 15.5 Å². The van der Waals surface area contributed by atoms with Crippen molar-refractivity contribution in [3.05, 3.63) is 30.0 Å². The van der Waals surface area contributed by atoms with Gasteiger partial charge < -0.3 is 9.72 Å². The van der Waals surface area contributed by atoms with Crippen LogP contribution in [-0.4, -0.2) is 43.3 Å². The first-order valence-electron chi connectivity index (χ1n) is 6.85. The molecule has 118 valence electrons. The lowest BCUT2D eigenvalue weighted by molar-refractivity contribution is 0.178. The fourth-order valence-electron chi connectivity index (χ4n) is 2.22. The molecule has 0 saturated heterocycles. The van der Waals surface area contributed by atoms with Crippen LogP contribution in [0.15, 0.2) is 29.3 Å². The summed E-state index contributed by atoms with van der Waals surface area (Å²) >= 11 is 1.70. The molecule has 1 atom stereocenters. The normalized spacial score (nSPS) is 16.7. The number of para-hydroxylation sites is 1. The van der Waals surface area contributed by atoms with E-state index in [0.29, 0.717) is 5.69 Å². The van der Waals surface area contributed by atoms with Gasteiger partial charge in [-0.2, -0.15) is 0 Å². The van der Waals surface area contributed by atoms with Gasteiger partial charge in [-0.25, -0.2) is 8.42 Å². The number of sulfonamides is 1. The lowest BCUT2D eigenvalue weighted by atomic mass is 10.2. The smallest absolute Gasteiger partial charge is 0.259 e. The first kappa shape index (κ1) is 15.4. The molecule has 2 aromatic rings. The van der Waals surface area contributed by atoms with E-state index in [1.54, 1.807) is 17.8 Å². The monoisotopic (exact) mass is 339 g/mol. The van der Waals surface area contributed by atoms with Crippen LogP contribution in [-0.2, 0) is 14.8 Å². The summed E-state index contributed by atoms with van der Waals surface area (Å²) in [6, 6.07) is 7.47. The zero-order chi connectivity index (χ0) is 15.7. The molecule has 3 rings (SSSR count). The van der Waals surface area contributed by atoms with Crippen molar-refractivity contribution in [1.82, 2.24) is 4.98 Å². The van der Waals surface area contributed by atoms with Crippen molar-refractivity contribution in [2.45, 2.75) is 12.4 Å². The molecule has 0 amide bonds. The second-order valence-electron chi connectivity index (χ2n) is 4.94. The van der Waals surface area contributed by atoms with Crippen LogP contribution in [0.4, 0.5) is 5.69 Å². The Labute approximate surface area is 133 Å². The van der Waals surface area contributed by atoms with Gasteiger partial charge in [0, 0.05) is 24.8 Å². The summed E-state index contributed by atoms with van der Waals surface area (Å²) in [5.74, 6) is 0.982. The number of hydrogen-bond donors (Lipinski definition) is 2. The summed E-state index contributed by atoms with van der Waals surface area (Å²) in [6.45, 7) is 2.31. The Morgan fingerprint density at radius 2 is 2.27 bits per heavy atom. The van der Waals surface area contributed by atoms with Crippen molar-refractivity contribution >= 4 is 43.4 Å². The highest BCUT2D eigenvalue weighted by molar-refractivity contribution is 8.14. The maximum absolute atomic E-state index is 12.2. The van der Waals surface area contributed by atoms with Crippen LogP contribution < -0.4 is 4.72 Å². The predicted molar refractivity (Wildman–Crippen MR) is 91.2 cm³/mol. The van der Waals surface area contributed by atoms with Gasteiger partial charge in [-0.1, -0.05) is 12.1 Å². The minimum Gasteiger partial charge on any atom is -0.364 e. The molecule has 0 bridgehead atoms. The van der Waals surface area contributed by atoms with E-state index in [4.69, 9.17) is 4.74 Å². The summed E-state index contributed by atoms with van der Waals surface area (Å²) in [5, 5.41) is 1.91. The number of aromatic nitrogens is 1. The van der Waals surface area contributed by atoms with Gasteiger partial charge >= 0.3 is 0 Å². The number of nitrogens with zero attached hydrogens (tertiary/aromatic N) is 1. The molecule has 0 radical (unpaired) electrons. The second kappa shape index (κ2) is 5.94. The standard InChI is InChI=1S/C14H17N3O3S2/c1-9(20-2)22(18,19)17-11-5-3-4-10-8-12(16-13(10)11)14-15-6-7-21-14/h3-5,8-9,16-17H,6-7H2,1-2H3. The van der Waals surface area contributed by atoms with Crippen LogP contribution in [0.5, 0.6) is 0 Å². The fraction of sp³-hybridized carbons (Fsp3) is 0.357. The van der Waals surface area contributed by atoms with Gasteiger partial charge in [0.15, 0.2) is 5.44 Å². The molecule has 22 heavy (non-hydrogen) atoms. The molecule has 2 N–H and O–H groups in total. The summed E-state index contributed by atoms with van der Waals surface area (Å²) in [4.78, 5) is 7.70. The van der Waals surface area contributed by atoms with Crippen LogP contribution in [0.1, 0.15) is 12.6 Å². The summed E-state index contributed by atoms with van der Waals surface area (Å²) in [7, 11) is -2.22. The van der Waals surface area contributed by atoms with Crippen molar-refractivity contribution in [2.75, 3.05) is 24.1 Å². The van der Waals surface area contributed by atoms with Crippen LogP contribution in [0, 0.1) is 0 Å². The van der Waals surface area contributed by atoms with Crippen LogP contribution in [0.25, 0.3) is 10.9 Å². The minimum atomic E-state index is -3.59. The minimum absolute atomic E-state index is 0.510. The number of fused-ring (bicyclic) bond motifs is 1. The number of aromatic amines is 1. The molecule has 0 fully saturated rings. The highest BCUT2D eigenvalue weighted by Gasteiger charge is 2.21. The molecular formula is C14H17N3O3S2. The highest BCUT2D eigenvalue weighted by Crippen LogP contribution is 2.28. The SMILES string of the molecule is COC(C)S(=O)(=O)Nc1cccc2cc(C3=NCCS3)[nH]c12. The number of anilines is 1. The van der Waals surface area contributed by atoms with Gasteiger partial charge in [-0.15, -0.1) is 11.8 Å². The predicted octanol–water partition coefficient (Wildman–Crippen LogP) is 2.40. The third kappa shape index (κ3) is 2.86. The lowest BCUT2D eigenvalue weighted by Crippen LogP contribution is -2.26. The molecule has 2 heterocycles. The number of hydrogen-bond acceptors (Lipinski definition) is 5. The Balaban J connectivity index is 2.00. The van der Waals surface area contributed by atoms with Crippen LogP contribution in [0.2, 0.25) is 0 Å². The average Bonchev–Trinajstić information content (AvgIpc) is 3.14. The Morgan fingerprint density at radius 3 is 2.95 bits per heavy atom. The largest absolute Gasteiger partial charge is 0.364 e. The number of ether oxygens (including phenoxy) is 1. The molecule has 1 unspecified atom stereocenters. The first-order chi connectivity index (χ1) is 10.5. The van der Waals surface area contributed by atoms with Crippen LogP contribution in [0.3, 0.4) is 0 Å². The van der Waals surface area contributed by atoms with Gasteiger partial charge in [-0.05, 0) is 19.1 Å². The van der Waals surface area contributed by atoms with E-state index in [1.807, 2.05) is 18.2 Å². The zero-order valence-electron chi connectivity index (χ0n) is 12.3. The number of benzene rings is 1. The molecule has 1 aliphatic heterocycles. The molecule has 0 spiro atoms. The van der Waals surface area contributed by atoms with Gasteiger partial charge in [-0.3, -0.25) is 9.71 Å². The first-order valence-corrected chi connectivity index (χ1v) is 9.38. The van der Waals surface area contributed by atoms with Gasteiger partial charge in [0.25, 0.3) is 10.0 Å². The number of methoxy groups -OCH3 is 1. The molecule has 6 nitrogen and oxygen atoms in total. The Bertz CT molecular complexity index is 827. The molecule has 0 aliphatic carbocycles. The van der Waals surface area contributed by atoms with E-state index in [2.05, 4.69) is 14.7 Å². The molecule has 8 heteroatoms. The third-order valence-corrected chi connectivity index (χ3v) is 6.07. The van der Waals surface area contributed by atoms with Crippen molar-refractivity contribution in [1.29, 1.82) is 0 Å². The third-order valence-electron chi connectivity index (χ3n) is 3.49. The van der Waals surface area contributed by atoms with E-state index in [9.17, 15) is 8.42 Å². The van der Waals surface area contributed by atoms with E-state index in [0.717, 1.165) is 33.9 Å². The van der Waals surface area contributed by atoms with Gasteiger partial charge in [0.1, 0.15) is 5.04 Å². The number of aliphatic imine (C=N–C) groups is 1. The van der Waals surface area contributed by atoms with Crippen LogP contribution >= 0.6 is 11.8 Å².